The average molecular weight is 354 g/mol. The predicted molar refractivity (Wildman–Crippen MR) is 98.8 cm³/mol. The summed E-state index contributed by atoms with van der Waals surface area (Å²) in [7, 11) is 1.58. The van der Waals surface area contributed by atoms with Crippen molar-refractivity contribution in [1.82, 2.24) is 4.57 Å². The summed E-state index contributed by atoms with van der Waals surface area (Å²) in [5.74, 6) is 1.61. The van der Waals surface area contributed by atoms with E-state index in [0.717, 1.165) is 5.56 Å². The van der Waals surface area contributed by atoms with Gasteiger partial charge in [0.25, 0.3) is 5.91 Å². The van der Waals surface area contributed by atoms with E-state index >= 15 is 0 Å². The molecule has 0 unspecified atom stereocenters. The smallest absolute Gasteiger partial charge is 0.256 e. The number of rotatable bonds is 4. The number of allylic oxidation sites excluding steroid dienone is 1. The van der Waals surface area contributed by atoms with Crippen LogP contribution < -0.4 is 19.7 Å². The third-order valence-corrected chi connectivity index (χ3v) is 3.73. The first kappa shape index (κ1) is 17.8. The Morgan fingerprint density at radius 2 is 2.08 bits per heavy atom. The molecule has 26 heavy (non-hydrogen) atoms. The van der Waals surface area contributed by atoms with Crippen molar-refractivity contribution in [2.24, 2.45) is 4.99 Å². The van der Waals surface area contributed by atoms with Gasteiger partial charge in [-0.15, -0.1) is 0 Å². The molecule has 0 bridgehead atoms. The number of nitrogens with zero attached hydrogens (tertiary/aromatic N) is 2. The van der Waals surface area contributed by atoms with E-state index in [0.29, 0.717) is 36.0 Å². The van der Waals surface area contributed by atoms with Crippen LogP contribution in [-0.2, 0) is 0 Å². The number of pyridine rings is 1. The molecule has 1 aliphatic rings. The number of benzene rings is 1. The monoisotopic (exact) mass is 354 g/mol. The maximum atomic E-state index is 12.6. The number of hydrogen-bond acceptors (Lipinski definition) is 5. The van der Waals surface area contributed by atoms with Gasteiger partial charge in [0, 0.05) is 18.3 Å². The number of aromatic nitrogens is 1. The largest absolute Gasteiger partial charge is 0.493 e. The molecule has 1 aliphatic heterocycles. The Morgan fingerprint density at radius 1 is 1.27 bits per heavy atom. The van der Waals surface area contributed by atoms with Gasteiger partial charge in [-0.1, -0.05) is 6.07 Å². The summed E-state index contributed by atoms with van der Waals surface area (Å²) < 4.78 is 18.1. The highest BCUT2D eigenvalue weighted by atomic mass is 16.6. The van der Waals surface area contributed by atoms with Gasteiger partial charge in [-0.25, -0.2) is 0 Å². The van der Waals surface area contributed by atoms with Crippen LogP contribution in [0.5, 0.6) is 17.2 Å². The van der Waals surface area contributed by atoms with Gasteiger partial charge in [-0.05, 0) is 49.8 Å². The Kier molecular flexibility index (Phi) is 5.41. The second-order valence-electron chi connectivity index (χ2n) is 6.07. The van der Waals surface area contributed by atoms with Crippen LogP contribution in [0.2, 0.25) is 0 Å². The highest BCUT2D eigenvalue weighted by molar-refractivity contribution is 5.93. The Labute approximate surface area is 152 Å². The first-order valence-electron chi connectivity index (χ1n) is 8.50. The van der Waals surface area contributed by atoms with Crippen LogP contribution in [0.25, 0.3) is 6.08 Å². The van der Waals surface area contributed by atoms with E-state index in [4.69, 9.17) is 14.2 Å². The topological polar surface area (TPSA) is 62.1 Å². The third kappa shape index (κ3) is 3.96. The molecule has 0 radical (unpaired) electrons. The number of fused-ring (bicyclic) bond motifs is 1. The second-order valence-corrected chi connectivity index (χ2v) is 6.07. The van der Waals surface area contributed by atoms with Crippen molar-refractivity contribution in [3.63, 3.8) is 0 Å². The summed E-state index contributed by atoms with van der Waals surface area (Å²) in [4.78, 5) is 17.1. The second kappa shape index (κ2) is 7.91. The maximum absolute atomic E-state index is 12.6. The normalized spacial score (nSPS) is 14.1. The number of ether oxygens (including phenoxy) is 3. The fourth-order valence-corrected chi connectivity index (χ4v) is 2.63. The van der Waals surface area contributed by atoms with Crippen molar-refractivity contribution in [3.8, 4) is 17.2 Å². The first-order chi connectivity index (χ1) is 12.6. The van der Waals surface area contributed by atoms with E-state index in [2.05, 4.69) is 4.99 Å². The third-order valence-electron chi connectivity index (χ3n) is 3.73. The van der Waals surface area contributed by atoms with Gasteiger partial charge in [-0.2, -0.15) is 0 Å². The molecule has 6 heteroatoms. The molecule has 0 atom stereocenters. The van der Waals surface area contributed by atoms with Gasteiger partial charge in [0.15, 0.2) is 11.5 Å². The molecular formula is C20H22N2O4. The minimum absolute atomic E-state index is 0.0995. The summed E-state index contributed by atoms with van der Waals surface area (Å²) in [6.07, 6.45) is 4.94. The maximum Gasteiger partial charge on any atom is 0.256 e. The molecule has 6 nitrogen and oxygen atoms in total. The molecule has 0 amide bonds. The van der Waals surface area contributed by atoms with E-state index in [-0.39, 0.29) is 11.9 Å². The molecule has 0 N–H and O–H groups in total. The Hall–Kier alpha value is -3.02. The van der Waals surface area contributed by atoms with Gasteiger partial charge in [0.2, 0.25) is 5.75 Å². The lowest BCUT2D eigenvalue weighted by atomic mass is 10.1. The molecule has 1 aromatic heterocycles. The highest BCUT2D eigenvalue weighted by Crippen LogP contribution is 2.40. The number of methoxy groups -OCH3 is 1. The molecule has 2 heterocycles. The zero-order chi connectivity index (χ0) is 18.5. The molecule has 2 aromatic rings. The van der Waals surface area contributed by atoms with Gasteiger partial charge in [0.05, 0.1) is 7.11 Å². The van der Waals surface area contributed by atoms with Gasteiger partial charge < -0.3 is 14.2 Å². The summed E-state index contributed by atoms with van der Waals surface area (Å²) in [6, 6.07) is 9.22. The molecule has 0 fully saturated rings. The summed E-state index contributed by atoms with van der Waals surface area (Å²) >= 11 is 0. The molecule has 0 saturated carbocycles. The highest BCUT2D eigenvalue weighted by Gasteiger charge is 2.17. The first-order valence-corrected chi connectivity index (χ1v) is 8.50. The number of carbonyl (C=O) groups excluding carboxylic acids is 1. The summed E-state index contributed by atoms with van der Waals surface area (Å²) in [5.41, 5.74) is 1.41. The minimum Gasteiger partial charge on any atom is -0.493 e. The van der Waals surface area contributed by atoms with E-state index in [1.165, 1.54) is 10.6 Å². The molecule has 136 valence electrons. The van der Waals surface area contributed by atoms with E-state index in [1.807, 2.05) is 38.1 Å². The standard InChI is InChI=1S/C20H22N2O4/c1-14(2)21-18-6-4-5-9-22(18)19(23)8-7-15-12-16(24-3)20-17(13-15)25-10-11-26-20/h4-9,12-14H,10-11H2,1-3H3/b8-7+,21-18?. The predicted octanol–water partition coefficient (Wildman–Crippen LogP) is 2.93. The van der Waals surface area contributed by atoms with Crippen molar-refractivity contribution in [3.05, 3.63) is 53.7 Å². The quantitative estimate of drug-likeness (QED) is 0.792. The SMILES string of the molecule is COc1cc(/C=C/C(=O)n2ccccc2=NC(C)C)cc2c1OCCO2. The summed E-state index contributed by atoms with van der Waals surface area (Å²) in [5, 5.41) is 0. The number of hydrogen-bond donors (Lipinski definition) is 0. The van der Waals surface area contributed by atoms with Crippen LogP contribution in [0.3, 0.4) is 0 Å². The van der Waals surface area contributed by atoms with Crippen molar-refractivity contribution < 1.29 is 19.0 Å². The number of carbonyl (C=O) groups is 1. The Bertz CT molecular complexity index is 880. The Morgan fingerprint density at radius 3 is 2.85 bits per heavy atom. The zero-order valence-electron chi connectivity index (χ0n) is 15.1. The fraction of sp³-hybridized carbons (Fsp3) is 0.300. The zero-order valence-corrected chi connectivity index (χ0v) is 15.1. The molecule has 0 spiro atoms. The van der Waals surface area contributed by atoms with Crippen molar-refractivity contribution in [2.75, 3.05) is 20.3 Å². The molecule has 0 aliphatic carbocycles. The van der Waals surface area contributed by atoms with Crippen LogP contribution in [0.4, 0.5) is 0 Å². The summed E-state index contributed by atoms with van der Waals surface area (Å²) in [6.45, 7) is 4.92. The molecule has 0 saturated heterocycles. The fourth-order valence-electron chi connectivity index (χ4n) is 2.63. The molecule has 1 aromatic carbocycles. The van der Waals surface area contributed by atoms with Crippen LogP contribution >= 0.6 is 0 Å². The van der Waals surface area contributed by atoms with Crippen molar-refractivity contribution in [2.45, 2.75) is 19.9 Å². The lowest BCUT2D eigenvalue weighted by Crippen LogP contribution is -2.26. The lowest BCUT2D eigenvalue weighted by Gasteiger charge is -2.20. The lowest BCUT2D eigenvalue weighted by molar-refractivity contribution is 0.0964. The van der Waals surface area contributed by atoms with Gasteiger partial charge >= 0.3 is 0 Å². The van der Waals surface area contributed by atoms with Gasteiger partial charge in [-0.3, -0.25) is 14.4 Å². The van der Waals surface area contributed by atoms with E-state index in [9.17, 15) is 4.79 Å². The van der Waals surface area contributed by atoms with Gasteiger partial charge in [0.1, 0.15) is 18.7 Å². The van der Waals surface area contributed by atoms with Crippen LogP contribution in [0.1, 0.15) is 24.2 Å². The van der Waals surface area contributed by atoms with Crippen LogP contribution in [0, 0.1) is 0 Å². The average Bonchev–Trinajstić information content (AvgIpc) is 2.65. The minimum atomic E-state index is -0.182. The van der Waals surface area contributed by atoms with E-state index < -0.39 is 0 Å². The van der Waals surface area contributed by atoms with Crippen molar-refractivity contribution in [1.29, 1.82) is 0 Å². The molecule has 3 rings (SSSR count). The van der Waals surface area contributed by atoms with Crippen LogP contribution in [0.15, 0.2) is 47.6 Å². The van der Waals surface area contributed by atoms with E-state index in [1.54, 1.807) is 25.4 Å². The Balaban J connectivity index is 1.90. The van der Waals surface area contributed by atoms with Crippen LogP contribution in [-0.4, -0.2) is 36.8 Å². The van der Waals surface area contributed by atoms with Crippen molar-refractivity contribution >= 4 is 12.0 Å². The molecular weight excluding hydrogens is 332 g/mol.